The summed E-state index contributed by atoms with van der Waals surface area (Å²) in [4.78, 5) is 2.05. The summed E-state index contributed by atoms with van der Waals surface area (Å²) >= 11 is 0. The Kier molecular flexibility index (Phi) is 5.17. The SMILES string of the molecule is COC1CNC(CN(C)CCS(C)(=O)=O)C1. The molecule has 1 aliphatic rings. The second-order valence-corrected chi connectivity index (χ2v) is 6.85. The molecule has 0 aliphatic carbocycles. The van der Waals surface area contributed by atoms with Crippen molar-refractivity contribution in [3.8, 4) is 0 Å². The van der Waals surface area contributed by atoms with Crippen molar-refractivity contribution < 1.29 is 13.2 Å². The van der Waals surface area contributed by atoms with Crippen LogP contribution in [0.15, 0.2) is 0 Å². The van der Waals surface area contributed by atoms with Crippen LogP contribution < -0.4 is 5.32 Å². The predicted octanol–water partition coefficient (Wildman–Crippen LogP) is -0.660. The number of methoxy groups -OCH3 is 1. The quantitative estimate of drug-likeness (QED) is 0.678. The van der Waals surface area contributed by atoms with Crippen LogP contribution in [0.1, 0.15) is 6.42 Å². The number of ether oxygens (including phenoxy) is 1. The Morgan fingerprint density at radius 2 is 2.19 bits per heavy atom. The molecule has 0 aromatic carbocycles. The number of sulfone groups is 1. The molecule has 1 fully saturated rings. The van der Waals surface area contributed by atoms with E-state index in [0.717, 1.165) is 19.5 Å². The fourth-order valence-corrected chi connectivity index (χ4v) is 2.53. The minimum Gasteiger partial charge on any atom is -0.380 e. The normalized spacial score (nSPS) is 26.5. The van der Waals surface area contributed by atoms with Gasteiger partial charge in [-0.2, -0.15) is 0 Å². The Morgan fingerprint density at radius 3 is 2.69 bits per heavy atom. The van der Waals surface area contributed by atoms with Crippen molar-refractivity contribution in [2.45, 2.75) is 18.6 Å². The summed E-state index contributed by atoms with van der Waals surface area (Å²) in [5, 5.41) is 3.37. The molecule has 0 bridgehead atoms. The van der Waals surface area contributed by atoms with Crippen molar-refractivity contribution in [1.82, 2.24) is 10.2 Å². The minimum absolute atomic E-state index is 0.226. The van der Waals surface area contributed by atoms with Crippen LogP contribution in [0, 0.1) is 0 Å². The van der Waals surface area contributed by atoms with Gasteiger partial charge in [0, 0.05) is 39.0 Å². The zero-order chi connectivity index (χ0) is 12.2. The summed E-state index contributed by atoms with van der Waals surface area (Å²) in [7, 11) is 0.821. The smallest absolute Gasteiger partial charge is 0.148 e. The molecule has 1 N–H and O–H groups in total. The molecule has 0 amide bonds. The third kappa shape index (κ3) is 5.25. The van der Waals surface area contributed by atoms with Crippen molar-refractivity contribution >= 4 is 9.84 Å². The third-order valence-electron chi connectivity index (χ3n) is 2.89. The zero-order valence-electron chi connectivity index (χ0n) is 10.3. The van der Waals surface area contributed by atoms with Crippen LogP contribution in [0.5, 0.6) is 0 Å². The lowest BCUT2D eigenvalue weighted by molar-refractivity contribution is 0.116. The lowest BCUT2D eigenvalue weighted by atomic mass is 10.2. The molecule has 2 unspecified atom stereocenters. The van der Waals surface area contributed by atoms with E-state index in [2.05, 4.69) is 10.2 Å². The standard InChI is InChI=1S/C10H22N2O3S/c1-12(4-5-16(3,13)14)8-9-6-10(15-2)7-11-9/h9-11H,4-8H2,1-3H3. The molecule has 0 aromatic heterocycles. The summed E-state index contributed by atoms with van der Waals surface area (Å²) in [5.74, 6) is 0.226. The van der Waals surface area contributed by atoms with Gasteiger partial charge < -0.3 is 15.0 Å². The van der Waals surface area contributed by atoms with Crippen LogP contribution >= 0.6 is 0 Å². The van der Waals surface area contributed by atoms with Crippen molar-refractivity contribution in [2.75, 3.05) is 45.8 Å². The van der Waals surface area contributed by atoms with Gasteiger partial charge in [0.05, 0.1) is 11.9 Å². The first-order chi connectivity index (χ1) is 7.40. The highest BCUT2D eigenvalue weighted by Gasteiger charge is 2.24. The largest absolute Gasteiger partial charge is 0.380 e. The lowest BCUT2D eigenvalue weighted by Crippen LogP contribution is -2.37. The highest BCUT2D eigenvalue weighted by molar-refractivity contribution is 7.90. The first-order valence-corrected chi connectivity index (χ1v) is 7.59. The molecule has 1 heterocycles. The Balaban J connectivity index is 2.22. The summed E-state index contributed by atoms with van der Waals surface area (Å²) < 4.78 is 27.3. The molecule has 2 atom stereocenters. The zero-order valence-corrected chi connectivity index (χ0v) is 11.1. The van der Waals surface area contributed by atoms with E-state index in [4.69, 9.17) is 4.74 Å². The van der Waals surface area contributed by atoms with Crippen LogP contribution in [0.25, 0.3) is 0 Å². The van der Waals surface area contributed by atoms with Gasteiger partial charge in [-0.3, -0.25) is 0 Å². The Labute approximate surface area is 98.1 Å². The van der Waals surface area contributed by atoms with Gasteiger partial charge in [0.25, 0.3) is 0 Å². The van der Waals surface area contributed by atoms with Gasteiger partial charge in [-0.1, -0.05) is 0 Å². The maximum absolute atomic E-state index is 11.0. The van der Waals surface area contributed by atoms with Crippen LogP contribution in [0.2, 0.25) is 0 Å². The first kappa shape index (κ1) is 13.9. The Bertz CT molecular complexity index is 305. The van der Waals surface area contributed by atoms with Gasteiger partial charge in [0.15, 0.2) is 0 Å². The second-order valence-electron chi connectivity index (χ2n) is 4.59. The van der Waals surface area contributed by atoms with E-state index >= 15 is 0 Å². The van der Waals surface area contributed by atoms with E-state index in [9.17, 15) is 8.42 Å². The fraction of sp³-hybridized carbons (Fsp3) is 1.00. The van der Waals surface area contributed by atoms with Gasteiger partial charge in [0.1, 0.15) is 9.84 Å². The highest BCUT2D eigenvalue weighted by atomic mass is 32.2. The maximum atomic E-state index is 11.0. The fourth-order valence-electron chi connectivity index (χ4n) is 1.89. The number of hydrogen-bond acceptors (Lipinski definition) is 5. The van der Waals surface area contributed by atoms with Crippen LogP contribution in [0.3, 0.4) is 0 Å². The molecule has 0 aromatic rings. The molecule has 6 heteroatoms. The van der Waals surface area contributed by atoms with Gasteiger partial charge in [-0.05, 0) is 13.5 Å². The van der Waals surface area contributed by atoms with Crippen LogP contribution in [-0.2, 0) is 14.6 Å². The first-order valence-electron chi connectivity index (χ1n) is 5.53. The Morgan fingerprint density at radius 1 is 1.50 bits per heavy atom. The molecule has 0 radical (unpaired) electrons. The topological polar surface area (TPSA) is 58.6 Å². The van der Waals surface area contributed by atoms with E-state index in [1.165, 1.54) is 6.26 Å². The summed E-state index contributed by atoms with van der Waals surface area (Å²) in [6, 6.07) is 0.412. The number of nitrogens with one attached hydrogen (secondary N) is 1. The van der Waals surface area contributed by atoms with Gasteiger partial charge in [-0.25, -0.2) is 8.42 Å². The molecular weight excluding hydrogens is 228 g/mol. The molecule has 16 heavy (non-hydrogen) atoms. The van der Waals surface area contributed by atoms with Crippen LogP contribution in [0.4, 0.5) is 0 Å². The van der Waals surface area contributed by atoms with Crippen molar-refractivity contribution in [1.29, 1.82) is 0 Å². The van der Waals surface area contributed by atoms with Crippen molar-refractivity contribution in [2.24, 2.45) is 0 Å². The molecule has 96 valence electrons. The van der Waals surface area contributed by atoms with E-state index in [0.29, 0.717) is 18.7 Å². The van der Waals surface area contributed by atoms with E-state index in [1.807, 2.05) is 7.05 Å². The predicted molar refractivity (Wildman–Crippen MR) is 64.4 cm³/mol. The number of rotatable bonds is 6. The van der Waals surface area contributed by atoms with Crippen molar-refractivity contribution in [3.05, 3.63) is 0 Å². The van der Waals surface area contributed by atoms with Crippen molar-refractivity contribution in [3.63, 3.8) is 0 Å². The Hall–Kier alpha value is -0.170. The molecule has 5 nitrogen and oxygen atoms in total. The molecular formula is C10H22N2O3S. The maximum Gasteiger partial charge on any atom is 0.148 e. The molecule has 0 spiro atoms. The summed E-state index contributed by atoms with van der Waals surface area (Å²) in [6.07, 6.45) is 2.57. The number of likely N-dealkylation sites (N-methyl/N-ethyl adjacent to an activating group) is 1. The monoisotopic (exact) mass is 250 g/mol. The summed E-state index contributed by atoms with van der Waals surface area (Å²) in [6.45, 7) is 2.35. The lowest BCUT2D eigenvalue weighted by Gasteiger charge is -2.20. The number of nitrogens with zero attached hydrogens (tertiary/aromatic N) is 1. The minimum atomic E-state index is -2.85. The average Bonchev–Trinajstić information content (AvgIpc) is 2.61. The van der Waals surface area contributed by atoms with Gasteiger partial charge in [0.2, 0.25) is 0 Å². The average molecular weight is 250 g/mol. The van der Waals surface area contributed by atoms with E-state index in [-0.39, 0.29) is 5.75 Å². The number of hydrogen-bond donors (Lipinski definition) is 1. The third-order valence-corrected chi connectivity index (χ3v) is 3.81. The highest BCUT2D eigenvalue weighted by Crippen LogP contribution is 2.10. The second kappa shape index (κ2) is 5.95. The molecule has 1 saturated heterocycles. The molecule has 1 aliphatic heterocycles. The van der Waals surface area contributed by atoms with E-state index in [1.54, 1.807) is 7.11 Å². The molecule has 0 saturated carbocycles. The molecule has 1 rings (SSSR count). The van der Waals surface area contributed by atoms with Gasteiger partial charge in [-0.15, -0.1) is 0 Å². The van der Waals surface area contributed by atoms with Gasteiger partial charge >= 0.3 is 0 Å². The van der Waals surface area contributed by atoms with E-state index < -0.39 is 9.84 Å². The summed E-state index contributed by atoms with van der Waals surface area (Å²) in [5.41, 5.74) is 0. The van der Waals surface area contributed by atoms with Crippen LogP contribution in [-0.4, -0.2) is 71.3 Å².